The second kappa shape index (κ2) is 24.3. The number of unbranched alkanes of at least 4 members (excludes halogenated alkanes) is 9. The van der Waals surface area contributed by atoms with Crippen LogP contribution < -0.4 is 0 Å². The molecule has 0 radical (unpaired) electrons. The zero-order valence-corrected chi connectivity index (χ0v) is 25.1. The zero-order chi connectivity index (χ0) is 27.0. The van der Waals surface area contributed by atoms with Crippen LogP contribution in [-0.4, -0.2) is 25.2 Å². The Morgan fingerprint density at radius 2 is 1.03 bits per heavy atom. The SMILES string of the molecule is CCC(CCCCCCCCCCCCC(=O)OCCCC(C)C)C(CC)C(=O)OCCCC(C)C. The molecule has 0 aliphatic heterocycles. The molecular weight excluding hydrogens is 448 g/mol. The minimum atomic E-state index is -0.0205. The summed E-state index contributed by atoms with van der Waals surface area (Å²) in [6.07, 6.45) is 20.2. The molecule has 2 unspecified atom stereocenters. The highest BCUT2D eigenvalue weighted by Crippen LogP contribution is 2.27. The molecule has 0 aliphatic rings. The van der Waals surface area contributed by atoms with Gasteiger partial charge in [-0.25, -0.2) is 0 Å². The van der Waals surface area contributed by atoms with Crippen LogP contribution >= 0.6 is 0 Å². The van der Waals surface area contributed by atoms with Gasteiger partial charge in [-0.05, 0) is 62.7 Å². The molecule has 0 fully saturated rings. The van der Waals surface area contributed by atoms with Gasteiger partial charge in [0.15, 0.2) is 0 Å². The van der Waals surface area contributed by atoms with Gasteiger partial charge >= 0.3 is 11.9 Å². The molecule has 4 nitrogen and oxygen atoms in total. The van der Waals surface area contributed by atoms with E-state index in [1.807, 2.05) is 0 Å². The van der Waals surface area contributed by atoms with Gasteiger partial charge in [-0.3, -0.25) is 9.59 Å². The highest BCUT2D eigenvalue weighted by Gasteiger charge is 2.26. The Balaban J connectivity index is 3.68. The molecule has 0 saturated heterocycles. The van der Waals surface area contributed by atoms with Gasteiger partial charge in [0, 0.05) is 6.42 Å². The topological polar surface area (TPSA) is 52.6 Å². The molecule has 0 saturated carbocycles. The predicted molar refractivity (Wildman–Crippen MR) is 153 cm³/mol. The standard InChI is InChI=1S/C32H62O4/c1-7-29(30(8-2)32(34)36-26-20-22-28(5)6)23-17-15-13-11-9-10-12-14-16-18-24-31(33)35-25-19-21-27(3)4/h27-30H,7-26H2,1-6H3. The van der Waals surface area contributed by atoms with Gasteiger partial charge in [0.1, 0.15) is 0 Å². The summed E-state index contributed by atoms with van der Waals surface area (Å²) >= 11 is 0. The van der Waals surface area contributed by atoms with Crippen molar-refractivity contribution in [3.63, 3.8) is 0 Å². The summed E-state index contributed by atoms with van der Waals surface area (Å²) in [5.74, 6) is 1.89. The fraction of sp³-hybridized carbons (Fsp3) is 0.938. The normalized spacial score (nSPS) is 13.2. The van der Waals surface area contributed by atoms with E-state index in [1.54, 1.807) is 0 Å². The number of hydrogen-bond donors (Lipinski definition) is 0. The number of rotatable bonds is 25. The largest absolute Gasteiger partial charge is 0.466 e. The monoisotopic (exact) mass is 510 g/mol. The van der Waals surface area contributed by atoms with Gasteiger partial charge in [-0.1, -0.05) is 106 Å². The Kier molecular flexibility index (Phi) is 23.6. The van der Waals surface area contributed by atoms with Crippen molar-refractivity contribution in [3.8, 4) is 0 Å². The fourth-order valence-electron chi connectivity index (χ4n) is 4.99. The molecule has 0 aromatic heterocycles. The first-order valence-corrected chi connectivity index (χ1v) is 15.6. The first kappa shape index (κ1) is 34.9. The number of carbonyl (C=O) groups is 2. The molecule has 0 aromatic rings. The Morgan fingerprint density at radius 3 is 1.50 bits per heavy atom. The van der Waals surface area contributed by atoms with Crippen molar-refractivity contribution >= 4 is 11.9 Å². The number of ether oxygens (including phenoxy) is 2. The van der Waals surface area contributed by atoms with E-state index < -0.39 is 0 Å². The van der Waals surface area contributed by atoms with Crippen LogP contribution in [0.25, 0.3) is 0 Å². The van der Waals surface area contributed by atoms with Crippen molar-refractivity contribution in [1.82, 2.24) is 0 Å². The summed E-state index contributed by atoms with van der Waals surface area (Å²) in [7, 11) is 0. The Morgan fingerprint density at radius 1 is 0.556 bits per heavy atom. The molecular formula is C32H62O4. The second-order valence-corrected chi connectivity index (χ2v) is 11.7. The summed E-state index contributed by atoms with van der Waals surface area (Å²) in [4.78, 5) is 24.3. The van der Waals surface area contributed by atoms with Crippen LogP contribution in [0, 0.1) is 23.7 Å². The van der Waals surface area contributed by atoms with Crippen molar-refractivity contribution in [2.24, 2.45) is 23.7 Å². The van der Waals surface area contributed by atoms with Crippen LogP contribution in [0.15, 0.2) is 0 Å². The average Bonchev–Trinajstić information content (AvgIpc) is 2.84. The van der Waals surface area contributed by atoms with Gasteiger partial charge in [-0.2, -0.15) is 0 Å². The average molecular weight is 511 g/mol. The summed E-state index contributed by atoms with van der Waals surface area (Å²) in [5, 5.41) is 0. The Hall–Kier alpha value is -1.06. The summed E-state index contributed by atoms with van der Waals surface area (Å²) < 4.78 is 10.9. The van der Waals surface area contributed by atoms with Crippen molar-refractivity contribution < 1.29 is 19.1 Å². The lowest BCUT2D eigenvalue weighted by molar-refractivity contribution is -0.151. The van der Waals surface area contributed by atoms with Crippen LogP contribution in [0.5, 0.6) is 0 Å². The summed E-state index contributed by atoms with van der Waals surface area (Å²) in [6.45, 7) is 14.3. The quantitative estimate of drug-likeness (QED) is 0.0906. The lowest BCUT2D eigenvalue weighted by Crippen LogP contribution is -2.25. The van der Waals surface area contributed by atoms with E-state index in [4.69, 9.17) is 9.47 Å². The van der Waals surface area contributed by atoms with Gasteiger partial charge in [0.25, 0.3) is 0 Å². The molecule has 0 spiro atoms. The summed E-state index contributed by atoms with van der Waals surface area (Å²) in [6, 6.07) is 0. The number of hydrogen-bond acceptors (Lipinski definition) is 4. The van der Waals surface area contributed by atoms with Crippen molar-refractivity contribution in [1.29, 1.82) is 0 Å². The molecule has 0 N–H and O–H groups in total. The minimum absolute atomic E-state index is 0.0205. The van der Waals surface area contributed by atoms with E-state index in [0.29, 0.717) is 37.4 Å². The highest BCUT2D eigenvalue weighted by atomic mass is 16.5. The molecule has 0 heterocycles. The molecule has 36 heavy (non-hydrogen) atoms. The minimum Gasteiger partial charge on any atom is -0.466 e. The van der Waals surface area contributed by atoms with E-state index in [2.05, 4.69) is 41.5 Å². The van der Waals surface area contributed by atoms with E-state index in [1.165, 1.54) is 51.4 Å². The third-order valence-electron chi connectivity index (χ3n) is 7.40. The first-order chi connectivity index (χ1) is 17.3. The molecule has 0 aliphatic carbocycles. The van der Waals surface area contributed by atoms with Crippen molar-refractivity contribution in [2.75, 3.05) is 13.2 Å². The first-order valence-electron chi connectivity index (χ1n) is 15.6. The maximum absolute atomic E-state index is 12.6. The van der Waals surface area contributed by atoms with Crippen LogP contribution in [0.4, 0.5) is 0 Å². The molecule has 0 amide bonds. The van der Waals surface area contributed by atoms with Gasteiger partial charge in [0.05, 0.1) is 19.1 Å². The van der Waals surface area contributed by atoms with E-state index in [-0.39, 0.29) is 17.9 Å². The maximum Gasteiger partial charge on any atom is 0.309 e. The molecule has 2 atom stereocenters. The molecule has 0 aromatic carbocycles. The van der Waals surface area contributed by atoms with Gasteiger partial charge < -0.3 is 9.47 Å². The van der Waals surface area contributed by atoms with Crippen molar-refractivity contribution in [3.05, 3.63) is 0 Å². The lowest BCUT2D eigenvalue weighted by atomic mass is 9.84. The fourth-order valence-corrected chi connectivity index (χ4v) is 4.99. The Bertz CT molecular complexity index is 514. The summed E-state index contributed by atoms with van der Waals surface area (Å²) in [5.41, 5.74) is 0. The number of esters is 2. The van der Waals surface area contributed by atoms with E-state index in [9.17, 15) is 9.59 Å². The smallest absolute Gasteiger partial charge is 0.309 e. The molecule has 214 valence electrons. The molecule has 4 heteroatoms. The zero-order valence-electron chi connectivity index (χ0n) is 25.1. The Labute approximate surface area is 225 Å². The third-order valence-corrected chi connectivity index (χ3v) is 7.40. The van der Waals surface area contributed by atoms with Crippen LogP contribution in [-0.2, 0) is 19.1 Å². The second-order valence-electron chi connectivity index (χ2n) is 11.7. The van der Waals surface area contributed by atoms with Gasteiger partial charge in [0.2, 0.25) is 0 Å². The lowest BCUT2D eigenvalue weighted by Gasteiger charge is -2.24. The third kappa shape index (κ3) is 21.1. The molecule has 0 bridgehead atoms. The van der Waals surface area contributed by atoms with E-state index >= 15 is 0 Å². The van der Waals surface area contributed by atoms with Crippen molar-refractivity contribution in [2.45, 2.75) is 157 Å². The predicted octanol–water partition coefficient (Wildman–Crippen LogP) is 9.68. The van der Waals surface area contributed by atoms with Crippen LogP contribution in [0.1, 0.15) is 157 Å². The van der Waals surface area contributed by atoms with E-state index in [0.717, 1.165) is 57.8 Å². The van der Waals surface area contributed by atoms with Gasteiger partial charge in [-0.15, -0.1) is 0 Å². The molecule has 0 rings (SSSR count). The van der Waals surface area contributed by atoms with Crippen LogP contribution in [0.3, 0.4) is 0 Å². The highest BCUT2D eigenvalue weighted by molar-refractivity contribution is 5.72. The van der Waals surface area contributed by atoms with Crippen LogP contribution in [0.2, 0.25) is 0 Å². The number of carbonyl (C=O) groups excluding carboxylic acids is 2. The maximum atomic E-state index is 12.6.